The first-order chi connectivity index (χ1) is 20.6. The summed E-state index contributed by atoms with van der Waals surface area (Å²) < 4.78 is 34.2. The summed E-state index contributed by atoms with van der Waals surface area (Å²) in [6, 6.07) is 27.5. The molecule has 4 aromatic carbocycles. The largest absolute Gasteiger partial charge is 0.497 e. The fraction of sp³-hybridized carbons (Fsp3) is 0.188. The fourth-order valence-electron chi connectivity index (χ4n) is 4.55. The van der Waals surface area contributed by atoms with E-state index in [2.05, 4.69) is 5.32 Å². The molecule has 1 N–H and O–H groups in total. The Morgan fingerprint density at radius 3 is 2.05 bits per heavy atom. The first kappa shape index (κ1) is 31.9. The van der Waals surface area contributed by atoms with Crippen LogP contribution in [0.25, 0.3) is 0 Å². The number of likely N-dealkylation sites (N-methyl/N-ethyl adjacent to an activating group) is 1. The van der Waals surface area contributed by atoms with Crippen LogP contribution in [0.15, 0.2) is 108 Å². The molecule has 0 aliphatic heterocycles. The van der Waals surface area contributed by atoms with Crippen LogP contribution >= 0.6 is 23.2 Å². The van der Waals surface area contributed by atoms with Gasteiger partial charge >= 0.3 is 0 Å². The van der Waals surface area contributed by atoms with Crippen molar-refractivity contribution in [3.05, 3.63) is 124 Å². The van der Waals surface area contributed by atoms with Gasteiger partial charge in [0.15, 0.2) is 0 Å². The second kappa shape index (κ2) is 14.4. The van der Waals surface area contributed by atoms with E-state index >= 15 is 0 Å². The number of methoxy groups -OCH3 is 1. The van der Waals surface area contributed by atoms with Crippen molar-refractivity contribution in [2.45, 2.75) is 23.9 Å². The van der Waals surface area contributed by atoms with Crippen LogP contribution in [0.1, 0.15) is 11.1 Å². The van der Waals surface area contributed by atoms with Crippen LogP contribution in [0.2, 0.25) is 10.0 Å². The average Bonchev–Trinajstić information content (AvgIpc) is 3.03. The number of nitrogens with zero attached hydrogens (tertiary/aromatic N) is 2. The highest BCUT2D eigenvalue weighted by Gasteiger charge is 2.34. The number of rotatable bonds is 12. The molecule has 0 spiro atoms. The summed E-state index contributed by atoms with van der Waals surface area (Å²) in [6.07, 6.45) is 0.199. The highest BCUT2D eigenvalue weighted by molar-refractivity contribution is 7.92. The minimum Gasteiger partial charge on any atom is -0.497 e. The molecule has 4 rings (SSSR count). The number of carbonyl (C=O) groups excluding carboxylic acids is 2. The molecule has 0 aromatic heterocycles. The highest BCUT2D eigenvalue weighted by atomic mass is 35.5. The zero-order valence-electron chi connectivity index (χ0n) is 23.6. The van der Waals surface area contributed by atoms with Gasteiger partial charge in [-0.1, -0.05) is 77.8 Å². The Morgan fingerprint density at radius 1 is 0.837 bits per heavy atom. The maximum atomic E-state index is 14.3. The van der Waals surface area contributed by atoms with Crippen molar-refractivity contribution in [2.24, 2.45) is 0 Å². The fourth-order valence-corrected chi connectivity index (χ4v) is 6.29. The second-order valence-electron chi connectivity index (χ2n) is 9.61. The molecule has 11 heteroatoms. The molecular formula is C32H31Cl2N3O5S. The van der Waals surface area contributed by atoms with Gasteiger partial charge in [0, 0.05) is 20.0 Å². The van der Waals surface area contributed by atoms with Crippen molar-refractivity contribution in [2.75, 3.05) is 25.0 Å². The molecule has 1 unspecified atom stereocenters. The topological polar surface area (TPSA) is 96.0 Å². The average molecular weight is 641 g/mol. The Hall–Kier alpha value is -4.05. The number of anilines is 1. The van der Waals surface area contributed by atoms with Gasteiger partial charge in [-0.05, 0) is 59.7 Å². The maximum absolute atomic E-state index is 14.3. The van der Waals surface area contributed by atoms with Crippen LogP contribution in [0.3, 0.4) is 0 Å². The number of benzene rings is 4. The molecule has 0 heterocycles. The van der Waals surface area contributed by atoms with E-state index in [4.69, 9.17) is 27.9 Å². The van der Waals surface area contributed by atoms with E-state index in [0.717, 1.165) is 9.87 Å². The predicted octanol–water partition coefficient (Wildman–Crippen LogP) is 5.58. The van der Waals surface area contributed by atoms with Gasteiger partial charge in [0.25, 0.3) is 10.0 Å². The third-order valence-electron chi connectivity index (χ3n) is 6.82. The monoisotopic (exact) mass is 639 g/mol. The Kier molecular flexibility index (Phi) is 10.7. The Balaban J connectivity index is 1.77. The minimum absolute atomic E-state index is 0.0203. The van der Waals surface area contributed by atoms with Crippen molar-refractivity contribution >= 4 is 50.7 Å². The molecule has 224 valence electrons. The molecule has 0 aliphatic carbocycles. The van der Waals surface area contributed by atoms with Crippen LogP contribution in [0, 0.1) is 0 Å². The number of ether oxygens (including phenoxy) is 1. The summed E-state index contributed by atoms with van der Waals surface area (Å²) in [7, 11) is -1.23. The molecule has 0 saturated heterocycles. The van der Waals surface area contributed by atoms with E-state index in [1.165, 1.54) is 43.3 Å². The summed E-state index contributed by atoms with van der Waals surface area (Å²) >= 11 is 12.4. The Morgan fingerprint density at radius 2 is 1.47 bits per heavy atom. The standard InChI is InChI=1S/C32H31Cl2N3O5S/c1-35-32(39)30(20-23-9-5-3-6-10-23)36(21-24-13-18-28(33)29(34)19-24)31(38)22-37(25-11-7-4-8-12-25)43(40,41)27-16-14-26(42-2)15-17-27/h3-19,30H,20-22H2,1-2H3,(H,35,39). The van der Waals surface area contributed by atoms with Crippen molar-refractivity contribution < 1.29 is 22.7 Å². The van der Waals surface area contributed by atoms with Crippen molar-refractivity contribution in [1.82, 2.24) is 10.2 Å². The molecule has 43 heavy (non-hydrogen) atoms. The van der Waals surface area contributed by atoms with E-state index < -0.39 is 34.4 Å². The number of halogens is 2. The molecule has 1 atom stereocenters. The van der Waals surface area contributed by atoms with Gasteiger partial charge in [0.1, 0.15) is 18.3 Å². The summed E-state index contributed by atoms with van der Waals surface area (Å²) in [5.41, 5.74) is 1.74. The quantitative estimate of drug-likeness (QED) is 0.218. The van der Waals surface area contributed by atoms with Gasteiger partial charge in [-0.2, -0.15) is 0 Å². The molecule has 0 radical (unpaired) electrons. The molecule has 2 amide bonds. The lowest BCUT2D eigenvalue weighted by Crippen LogP contribution is -2.53. The number of carbonyl (C=O) groups is 2. The van der Waals surface area contributed by atoms with Crippen LogP contribution in [-0.4, -0.2) is 51.9 Å². The third kappa shape index (κ3) is 7.87. The molecule has 4 aromatic rings. The van der Waals surface area contributed by atoms with Crippen LogP contribution in [0.5, 0.6) is 5.75 Å². The second-order valence-corrected chi connectivity index (χ2v) is 12.3. The molecule has 0 aliphatic rings. The number of hydrogen-bond donors (Lipinski definition) is 1. The van der Waals surface area contributed by atoms with Crippen LogP contribution < -0.4 is 14.4 Å². The lowest BCUT2D eigenvalue weighted by atomic mass is 10.0. The van der Waals surface area contributed by atoms with Crippen molar-refractivity contribution in [1.29, 1.82) is 0 Å². The van der Waals surface area contributed by atoms with Gasteiger partial charge in [0.05, 0.1) is 27.7 Å². The summed E-state index contributed by atoms with van der Waals surface area (Å²) in [5, 5.41) is 3.29. The van der Waals surface area contributed by atoms with E-state index in [-0.39, 0.29) is 17.9 Å². The number of amides is 2. The van der Waals surface area contributed by atoms with Crippen LogP contribution in [-0.2, 0) is 32.6 Å². The Bertz CT molecular complexity index is 1650. The summed E-state index contributed by atoms with van der Waals surface area (Å²) in [5.74, 6) is -0.499. The highest BCUT2D eigenvalue weighted by Crippen LogP contribution is 2.27. The zero-order chi connectivity index (χ0) is 31.0. The molecule has 0 bridgehead atoms. The summed E-state index contributed by atoms with van der Waals surface area (Å²) in [4.78, 5) is 28.9. The lowest BCUT2D eigenvalue weighted by molar-refractivity contribution is -0.139. The minimum atomic E-state index is -4.21. The Labute approximate surface area is 261 Å². The molecule has 0 saturated carbocycles. The number of sulfonamides is 1. The van der Waals surface area contributed by atoms with Gasteiger partial charge < -0.3 is 15.0 Å². The normalized spacial score (nSPS) is 11.8. The molecule has 8 nitrogen and oxygen atoms in total. The molecule has 0 fully saturated rings. The van der Waals surface area contributed by atoms with Gasteiger partial charge in [0.2, 0.25) is 11.8 Å². The van der Waals surface area contributed by atoms with E-state index in [9.17, 15) is 18.0 Å². The summed E-state index contributed by atoms with van der Waals surface area (Å²) in [6.45, 7) is -0.589. The van der Waals surface area contributed by atoms with Gasteiger partial charge in [-0.25, -0.2) is 8.42 Å². The van der Waals surface area contributed by atoms with Gasteiger partial charge in [-0.3, -0.25) is 13.9 Å². The van der Waals surface area contributed by atoms with E-state index in [1.54, 1.807) is 48.5 Å². The van der Waals surface area contributed by atoms with E-state index in [0.29, 0.717) is 27.0 Å². The van der Waals surface area contributed by atoms with Gasteiger partial charge in [-0.15, -0.1) is 0 Å². The van der Waals surface area contributed by atoms with E-state index in [1.807, 2.05) is 30.3 Å². The number of para-hydroxylation sites is 1. The number of hydrogen-bond acceptors (Lipinski definition) is 5. The first-order valence-electron chi connectivity index (χ1n) is 13.3. The van der Waals surface area contributed by atoms with Crippen LogP contribution in [0.4, 0.5) is 5.69 Å². The predicted molar refractivity (Wildman–Crippen MR) is 169 cm³/mol. The lowest BCUT2D eigenvalue weighted by Gasteiger charge is -2.33. The SMILES string of the molecule is CNC(=O)C(Cc1ccccc1)N(Cc1ccc(Cl)c(Cl)c1)C(=O)CN(c1ccccc1)S(=O)(=O)c1ccc(OC)cc1. The molecular weight excluding hydrogens is 609 g/mol. The van der Waals surface area contributed by atoms with Crippen molar-refractivity contribution in [3.8, 4) is 5.75 Å². The first-order valence-corrected chi connectivity index (χ1v) is 15.5. The smallest absolute Gasteiger partial charge is 0.264 e. The number of nitrogens with one attached hydrogen (secondary N) is 1. The maximum Gasteiger partial charge on any atom is 0.264 e. The zero-order valence-corrected chi connectivity index (χ0v) is 25.9. The third-order valence-corrected chi connectivity index (χ3v) is 9.35. The van der Waals surface area contributed by atoms with Crippen molar-refractivity contribution in [3.63, 3.8) is 0 Å².